The quantitative estimate of drug-likeness (QED) is 0.306. The first kappa shape index (κ1) is 22.4. The number of hydrogen-bond donors (Lipinski definition) is 1. The van der Waals surface area contributed by atoms with Crippen molar-refractivity contribution in [3.8, 4) is 0 Å². The van der Waals surface area contributed by atoms with Crippen LogP contribution in [-0.2, 0) is 13.1 Å². The molecule has 28 heavy (non-hydrogen) atoms. The predicted molar refractivity (Wildman–Crippen MR) is 121 cm³/mol. The molecule has 5 heteroatoms. The van der Waals surface area contributed by atoms with Gasteiger partial charge in [-0.1, -0.05) is 30.3 Å². The maximum Gasteiger partial charge on any atom is 0.193 e. The first-order valence-corrected chi connectivity index (χ1v) is 10.7. The van der Waals surface area contributed by atoms with E-state index in [0.29, 0.717) is 6.54 Å². The summed E-state index contributed by atoms with van der Waals surface area (Å²) in [5, 5.41) is 3.39. The molecule has 0 aliphatic carbocycles. The molecule has 156 valence electrons. The van der Waals surface area contributed by atoms with Crippen molar-refractivity contribution in [1.29, 1.82) is 0 Å². The highest BCUT2D eigenvalue weighted by Gasteiger charge is 2.12. The third kappa shape index (κ3) is 8.03. The van der Waals surface area contributed by atoms with E-state index in [0.717, 1.165) is 45.0 Å². The first-order chi connectivity index (χ1) is 13.6. The Morgan fingerprint density at radius 2 is 1.93 bits per heavy atom. The first-order valence-electron chi connectivity index (χ1n) is 10.7. The van der Waals surface area contributed by atoms with E-state index >= 15 is 0 Å². The highest BCUT2D eigenvalue weighted by atomic mass is 15.3. The second-order valence-electron chi connectivity index (χ2n) is 7.77. The Balaban J connectivity index is 1.88. The maximum absolute atomic E-state index is 4.82. The van der Waals surface area contributed by atoms with Gasteiger partial charge in [-0.3, -0.25) is 4.90 Å². The molecule has 5 nitrogen and oxygen atoms in total. The summed E-state index contributed by atoms with van der Waals surface area (Å²) in [6.45, 7) is 14.3. The van der Waals surface area contributed by atoms with Crippen LogP contribution in [0.4, 0.5) is 0 Å². The van der Waals surface area contributed by atoms with Crippen LogP contribution in [0.2, 0.25) is 0 Å². The fraction of sp³-hybridized carbons (Fsp3) is 0.609. The van der Waals surface area contributed by atoms with E-state index in [1.54, 1.807) is 0 Å². The van der Waals surface area contributed by atoms with Gasteiger partial charge in [-0.2, -0.15) is 0 Å². The van der Waals surface area contributed by atoms with Crippen LogP contribution in [0, 0.1) is 0 Å². The number of benzene rings is 1. The van der Waals surface area contributed by atoms with E-state index in [1.165, 1.54) is 37.2 Å². The van der Waals surface area contributed by atoms with Crippen LogP contribution >= 0.6 is 0 Å². The van der Waals surface area contributed by atoms with Gasteiger partial charge in [-0.15, -0.1) is 6.58 Å². The maximum atomic E-state index is 4.82. The highest BCUT2D eigenvalue weighted by Crippen LogP contribution is 2.11. The van der Waals surface area contributed by atoms with E-state index in [4.69, 9.17) is 4.99 Å². The number of allylic oxidation sites excluding steroid dienone is 1. The van der Waals surface area contributed by atoms with Crippen molar-refractivity contribution in [3.63, 3.8) is 0 Å². The topological polar surface area (TPSA) is 34.1 Å². The van der Waals surface area contributed by atoms with Crippen LogP contribution in [0.25, 0.3) is 0 Å². The van der Waals surface area contributed by atoms with E-state index in [2.05, 4.69) is 71.9 Å². The fourth-order valence-electron chi connectivity index (χ4n) is 3.48. The van der Waals surface area contributed by atoms with Crippen molar-refractivity contribution in [1.82, 2.24) is 20.0 Å². The molecule has 1 aromatic rings. The molecule has 0 saturated carbocycles. The smallest absolute Gasteiger partial charge is 0.193 e. The minimum atomic E-state index is 0.711. The van der Waals surface area contributed by atoms with Crippen LogP contribution in [0.1, 0.15) is 37.3 Å². The summed E-state index contributed by atoms with van der Waals surface area (Å²) in [7, 11) is 4.32. The van der Waals surface area contributed by atoms with E-state index < -0.39 is 0 Å². The monoisotopic (exact) mass is 385 g/mol. The number of aliphatic imine (C=N–C) groups is 1. The molecule has 1 aromatic carbocycles. The van der Waals surface area contributed by atoms with Gasteiger partial charge in [0.1, 0.15) is 0 Å². The van der Waals surface area contributed by atoms with Gasteiger partial charge >= 0.3 is 0 Å². The molecular weight excluding hydrogens is 346 g/mol. The molecule has 0 spiro atoms. The molecule has 1 saturated heterocycles. The summed E-state index contributed by atoms with van der Waals surface area (Å²) in [5.41, 5.74) is 2.65. The zero-order chi connectivity index (χ0) is 20.2. The van der Waals surface area contributed by atoms with Crippen LogP contribution in [-0.4, -0.2) is 74.0 Å². The van der Waals surface area contributed by atoms with Gasteiger partial charge < -0.3 is 15.1 Å². The third-order valence-corrected chi connectivity index (χ3v) is 5.25. The third-order valence-electron chi connectivity index (χ3n) is 5.25. The molecule has 0 aromatic heterocycles. The standard InChI is InChI=1S/C23H39N5/c1-5-7-8-15-27(4)23(24-6-2)25-19-21-10-12-22(13-11-21)20-28-16-9-14-26(3)17-18-28/h5,10-13H,1,6-9,14-20H2,2-4H3,(H,24,25). The lowest BCUT2D eigenvalue weighted by Gasteiger charge is -2.22. The zero-order valence-electron chi connectivity index (χ0n) is 18.2. The molecule has 1 aliphatic heterocycles. The predicted octanol–water partition coefficient (Wildman–Crippen LogP) is 3.19. The average Bonchev–Trinajstić information content (AvgIpc) is 2.90. The molecule has 2 rings (SSSR count). The molecular formula is C23H39N5. The minimum Gasteiger partial charge on any atom is -0.357 e. The Morgan fingerprint density at radius 3 is 2.64 bits per heavy atom. The van der Waals surface area contributed by atoms with Gasteiger partial charge in [-0.05, 0) is 57.5 Å². The number of likely N-dealkylation sites (N-methyl/N-ethyl adjacent to an activating group) is 1. The lowest BCUT2D eigenvalue weighted by molar-refractivity contribution is 0.269. The lowest BCUT2D eigenvalue weighted by Crippen LogP contribution is -2.39. The molecule has 0 atom stereocenters. The fourth-order valence-corrected chi connectivity index (χ4v) is 3.48. The molecule has 1 N–H and O–H groups in total. The minimum absolute atomic E-state index is 0.711. The normalized spacial score (nSPS) is 16.6. The Bertz CT molecular complexity index is 596. The van der Waals surface area contributed by atoms with Gasteiger partial charge in [-0.25, -0.2) is 4.99 Å². The number of guanidine groups is 1. The number of nitrogens with zero attached hydrogens (tertiary/aromatic N) is 4. The largest absolute Gasteiger partial charge is 0.357 e. The van der Waals surface area contributed by atoms with Crippen molar-refractivity contribution in [3.05, 3.63) is 48.0 Å². The number of hydrogen-bond acceptors (Lipinski definition) is 3. The van der Waals surface area contributed by atoms with E-state index in [-0.39, 0.29) is 0 Å². The Morgan fingerprint density at radius 1 is 1.18 bits per heavy atom. The average molecular weight is 386 g/mol. The summed E-state index contributed by atoms with van der Waals surface area (Å²) >= 11 is 0. The molecule has 0 amide bonds. The van der Waals surface area contributed by atoms with Crippen molar-refractivity contribution < 1.29 is 0 Å². The summed E-state index contributed by atoms with van der Waals surface area (Å²) in [5.74, 6) is 0.976. The van der Waals surface area contributed by atoms with Gasteiger partial charge in [0, 0.05) is 39.8 Å². The lowest BCUT2D eigenvalue weighted by atomic mass is 10.1. The van der Waals surface area contributed by atoms with Crippen molar-refractivity contribution in [2.24, 2.45) is 4.99 Å². The summed E-state index contributed by atoms with van der Waals surface area (Å²) in [4.78, 5) is 12.0. The number of unbranched alkanes of at least 4 members (excludes halogenated alkanes) is 1. The summed E-state index contributed by atoms with van der Waals surface area (Å²) in [6, 6.07) is 8.98. The van der Waals surface area contributed by atoms with Gasteiger partial charge in [0.15, 0.2) is 5.96 Å². The second-order valence-corrected chi connectivity index (χ2v) is 7.77. The Hall–Kier alpha value is -1.85. The molecule has 1 heterocycles. The van der Waals surface area contributed by atoms with Crippen LogP contribution in [0.3, 0.4) is 0 Å². The van der Waals surface area contributed by atoms with Crippen molar-refractivity contribution >= 4 is 5.96 Å². The summed E-state index contributed by atoms with van der Waals surface area (Å²) in [6.07, 6.45) is 5.38. The van der Waals surface area contributed by atoms with Crippen molar-refractivity contribution in [2.45, 2.75) is 39.3 Å². The van der Waals surface area contributed by atoms with E-state index in [1.807, 2.05) is 6.08 Å². The Labute approximate surface area is 172 Å². The van der Waals surface area contributed by atoms with Crippen LogP contribution < -0.4 is 5.32 Å². The summed E-state index contributed by atoms with van der Waals surface area (Å²) < 4.78 is 0. The van der Waals surface area contributed by atoms with Crippen LogP contribution in [0.5, 0.6) is 0 Å². The molecule has 0 unspecified atom stereocenters. The molecule has 0 radical (unpaired) electrons. The van der Waals surface area contributed by atoms with Crippen molar-refractivity contribution in [2.75, 3.05) is 53.4 Å². The van der Waals surface area contributed by atoms with Gasteiger partial charge in [0.25, 0.3) is 0 Å². The van der Waals surface area contributed by atoms with Crippen LogP contribution in [0.15, 0.2) is 41.9 Å². The highest BCUT2D eigenvalue weighted by molar-refractivity contribution is 5.79. The molecule has 0 bridgehead atoms. The number of rotatable bonds is 9. The SMILES string of the molecule is C=CCCCN(C)C(=NCc1ccc(CN2CCCN(C)CC2)cc1)NCC. The van der Waals surface area contributed by atoms with Gasteiger partial charge in [0.2, 0.25) is 0 Å². The Kier molecular flexibility index (Phi) is 10.1. The number of nitrogens with one attached hydrogen (secondary N) is 1. The van der Waals surface area contributed by atoms with Gasteiger partial charge in [0.05, 0.1) is 6.54 Å². The zero-order valence-corrected chi connectivity index (χ0v) is 18.2. The van der Waals surface area contributed by atoms with E-state index in [9.17, 15) is 0 Å². The second kappa shape index (κ2) is 12.6. The molecule has 1 fully saturated rings. The molecule has 1 aliphatic rings.